The van der Waals surface area contributed by atoms with Gasteiger partial charge in [-0.3, -0.25) is 4.79 Å². The number of benzene rings is 1. The van der Waals surface area contributed by atoms with Crippen LogP contribution in [0.2, 0.25) is 0 Å². The minimum absolute atomic E-state index is 0.00599. The van der Waals surface area contributed by atoms with Crippen LogP contribution in [-0.4, -0.2) is 22.9 Å². The minimum atomic E-state index is -0.420. The summed E-state index contributed by atoms with van der Waals surface area (Å²) in [4.78, 5) is 12.8. The van der Waals surface area contributed by atoms with E-state index in [4.69, 9.17) is 4.74 Å². The summed E-state index contributed by atoms with van der Waals surface area (Å²) >= 11 is 4.32. The van der Waals surface area contributed by atoms with Crippen molar-refractivity contribution in [2.75, 3.05) is 6.61 Å². The SMILES string of the molecule is CC(S)COC(=O)C(C)c1cc(C(C)(C)CC(C)(C)C)c(O)c(C(C)(C)CC(C)(C)C)c1. The van der Waals surface area contributed by atoms with Crippen molar-refractivity contribution in [3.8, 4) is 5.75 Å². The van der Waals surface area contributed by atoms with Gasteiger partial charge < -0.3 is 9.84 Å². The summed E-state index contributed by atoms with van der Waals surface area (Å²) in [5, 5.41) is 11.5. The Bertz CT molecular complexity index is 743. The summed E-state index contributed by atoms with van der Waals surface area (Å²) in [6.45, 7) is 26.1. The van der Waals surface area contributed by atoms with Crippen molar-refractivity contribution in [1.82, 2.24) is 0 Å². The highest BCUT2D eigenvalue weighted by Gasteiger charge is 2.36. The molecule has 1 rings (SSSR count). The third kappa shape index (κ3) is 8.32. The van der Waals surface area contributed by atoms with Gasteiger partial charge in [-0.05, 0) is 47.0 Å². The highest BCUT2D eigenvalue weighted by molar-refractivity contribution is 7.80. The van der Waals surface area contributed by atoms with E-state index in [2.05, 4.69) is 81.9 Å². The molecule has 1 aromatic carbocycles. The van der Waals surface area contributed by atoms with E-state index in [1.54, 1.807) is 0 Å². The fourth-order valence-electron chi connectivity index (χ4n) is 5.24. The number of hydrogen-bond donors (Lipinski definition) is 2. The first-order chi connectivity index (χ1) is 14.2. The highest BCUT2D eigenvalue weighted by atomic mass is 32.1. The van der Waals surface area contributed by atoms with Crippen LogP contribution in [0.25, 0.3) is 0 Å². The summed E-state index contributed by atoms with van der Waals surface area (Å²) in [7, 11) is 0. The van der Waals surface area contributed by atoms with E-state index in [0.717, 1.165) is 29.5 Å². The number of carbonyl (C=O) groups excluding carboxylic acids is 1. The molecule has 0 spiro atoms. The lowest BCUT2D eigenvalue weighted by Gasteiger charge is -2.38. The zero-order valence-corrected chi connectivity index (χ0v) is 23.5. The third-order valence-corrected chi connectivity index (χ3v) is 6.00. The number of carbonyl (C=O) groups is 1. The van der Waals surface area contributed by atoms with Crippen LogP contribution < -0.4 is 0 Å². The average molecular weight is 465 g/mol. The lowest BCUT2D eigenvalue weighted by molar-refractivity contribution is -0.144. The van der Waals surface area contributed by atoms with Crippen molar-refractivity contribution < 1.29 is 14.6 Å². The number of hydrogen-bond acceptors (Lipinski definition) is 4. The maximum absolute atomic E-state index is 12.8. The molecule has 0 amide bonds. The number of thiol groups is 1. The van der Waals surface area contributed by atoms with E-state index in [9.17, 15) is 9.90 Å². The quantitative estimate of drug-likeness (QED) is 0.305. The van der Waals surface area contributed by atoms with Gasteiger partial charge in [-0.2, -0.15) is 12.6 Å². The van der Waals surface area contributed by atoms with Gasteiger partial charge >= 0.3 is 5.97 Å². The van der Waals surface area contributed by atoms with E-state index >= 15 is 0 Å². The van der Waals surface area contributed by atoms with E-state index in [1.807, 2.05) is 26.0 Å². The molecule has 4 heteroatoms. The van der Waals surface area contributed by atoms with Gasteiger partial charge in [0, 0.05) is 16.4 Å². The molecule has 0 aliphatic carbocycles. The van der Waals surface area contributed by atoms with Crippen molar-refractivity contribution in [3.05, 3.63) is 28.8 Å². The number of ether oxygens (including phenoxy) is 1. The monoisotopic (exact) mass is 464 g/mol. The lowest BCUT2D eigenvalue weighted by Crippen LogP contribution is -2.29. The van der Waals surface area contributed by atoms with Crippen molar-refractivity contribution in [2.24, 2.45) is 10.8 Å². The van der Waals surface area contributed by atoms with Gasteiger partial charge in [-0.15, -0.1) is 0 Å². The maximum Gasteiger partial charge on any atom is 0.313 e. The van der Waals surface area contributed by atoms with E-state index in [1.165, 1.54) is 0 Å². The molecule has 2 unspecified atom stereocenters. The number of phenols is 1. The molecule has 0 bridgehead atoms. The van der Waals surface area contributed by atoms with Gasteiger partial charge in [0.15, 0.2) is 0 Å². The third-order valence-electron chi connectivity index (χ3n) is 5.86. The molecule has 3 nitrogen and oxygen atoms in total. The molecule has 0 fully saturated rings. The predicted octanol–water partition coefficient (Wildman–Crippen LogP) is 7.78. The Morgan fingerprint density at radius 2 is 1.25 bits per heavy atom. The van der Waals surface area contributed by atoms with Crippen LogP contribution in [0, 0.1) is 10.8 Å². The van der Waals surface area contributed by atoms with Gasteiger partial charge in [-0.25, -0.2) is 0 Å². The molecular formula is C28H48O3S. The molecule has 1 aromatic rings. The van der Waals surface area contributed by atoms with Crippen LogP contribution in [0.4, 0.5) is 0 Å². The summed E-state index contributed by atoms with van der Waals surface area (Å²) in [6, 6.07) is 4.04. The first-order valence-corrected chi connectivity index (χ1v) is 12.4. The molecule has 1 N–H and O–H groups in total. The molecule has 0 aromatic heterocycles. The summed E-state index contributed by atoms with van der Waals surface area (Å²) in [5.74, 6) is -0.311. The second-order valence-corrected chi connectivity index (χ2v) is 14.3. The van der Waals surface area contributed by atoms with Crippen LogP contribution in [0.3, 0.4) is 0 Å². The Balaban J connectivity index is 3.66. The molecule has 0 aliphatic heterocycles. The van der Waals surface area contributed by atoms with Crippen molar-refractivity contribution >= 4 is 18.6 Å². The van der Waals surface area contributed by atoms with Gasteiger partial charge in [-0.1, -0.05) is 88.3 Å². The lowest BCUT2D eigenvalue weighted by atomic mass is 9.67. The normalized spacial score (nSPS) is 15.4. The second kappa shape index (κ2) is 9.99. The largest absolute Gasteiger partial charge is 0.507 e. The topological polar surface area (TPSA) is 46.5 Å². The van der Waals surface area contributed by atoms with Crippen molar-refractivity contribution in [2.45, 2.75) is 118 Å². The Labute approximate surface area is 203 Å². The molecule has 32 heavy (non-hydrogen) atoms. The zero-order chi connectivity index (χ0) is 25.3. The average Bonchev–Trinajstić information content (AvgIpc) is 2.54. The van der Waals surface area contributed by atoms with Gasteiger partial charge in [0.05, 0.1) is 5.92 Å². The molecule has 0 aliphatic rings. The second-order valence-electron chi connectivity index (χ2n) is 13.4. The van der Waals surface area contributed by atoms with E-state index < -0.39 is 5.92 Å². The molecule has 0 heterocycles. The number of aromatic hydroxyl groups is 1. The smallest absolute Gasteiger partial charge is 0.313 e. The van der Waals surface area contributed by atoms with Crippen LogP contribution in [0.1, 0.15) is 119 Å². The molecule has 0 saturated carbocycles. The standard InChI is InChI=1S/C28H48O3S/c1-18(32)15-31-24(30)19(2)20-13-21(27(9,10)16-25(3,4)5)23(29)22(14-20)28(11,12)17-26(6,7)8/h13-14,18-19,29,32H,15-17H2,1-12H3. The Morgan fingerprint density at radius 1 is 0.875 bits per heavy atom. The first kappa shape index (κ1) is 28.9. The van der Waals surface area contributed by atoms with E-state index in [0.29, 0.717) is 5.75 Å². The fourth-order valence-corrected chi connectivity index (χ4v) is 5.32. The predicted molar refractivity (Wildman–Crippen MR) is 140 cm³/mol. The minimum Gasteiger partial charge on any atom is -0.507 e. The van der Waals surface area contributed by atoms with Crippen LogP contribution in [0.15, 0.2) is 12.1 Å². The highest BCUT2D eigenvalue weighted by Crippen LogP contribution is 2.47. The van der Waals surface area contributed by atoms with Gasteiger partial charge in [0.25, 0.3) is 0 Å². The van der Waals surface area contributed by atoms with Crippen LogP contribution >= 0.6 is 12.6 Å². The molecular weight excluding hydrogens is 416 g/mol. The molecule has 184 valence electrons. The van der Waals surface area contributed by atoms with Crippen LogP contribution in [0.5, 0.6) is 5.75 Å². The summed E-state index contributed by atoms with van der Waals surface area (Å²) in [5.41, 5.74) is 2.39. The van der Waals surface area contributed by atoms with Gasteiger partial charge in [0.2, 0.25) is 0 Å². The molecule has 2 atom stereocenters. The number of phenolic OH excluding ortho intramolecular Hbond substituents is 1. The zero-order valence-electron chi connectivity index (χ0n) is 22.6. The molecule has 0 saturated heterocycles. The Hall–Kier alpha value is -1.16. The van der Waals surface area contributed by atoms with Gasteiger partial charge in [0.1, 0.15) is 12.4 Å². The maximum atomic E-state index is 12.8. The Morgan fingerprint density at radius 3 is 1.56 bits per heavy atom. The van der Waals surface area contributed by atoms with E-state index in [-0.39, 0.29) is 39.5 Å². The summed E-state index contributed by atoms with van der Waals surface area (Å²) < 4.78 is 5.48. The van der Waals surface area contributed by atoms with Crippen molar-refractivity contribution in [1.29, 1.82) is 0 Å². The number of rotatable bonds is 8. The first-order valence-electron chi connectivity index (χ1n) is 11.9. The summed E-state index contributed by atoms with van der Waals surface area (Å²) in [6.07, 6.45) is 1.82. The van der Waals surface area contributed by atoms with Crippen LogP contribution in [-0.2, 0) is 20.4 Å². The molecule has 0 radical (unpaired) electrons. The fraction of sp³-hybridized carbons (Fsp3) is 0.750. The number of esters is 1. The van der Waals surface area contributed by atoms with Crippen molar-refractivity contribution in [3.63, 3.8) is 0 Å². The Kier molecular flexibility index (Phi) is 9.02.